The van der Waals surface area contributed by atoms with Crippen LogP contribution >= 0.6 is 0 Å². The first-order valence-electron chi connectivity index (χ1n) is 5.67. The summed E-state index contributed by atoms with van der Waals surface area (Å²) in [6.45, 7) is 8.29. The van der Waals surface area contributed by atoms with Gasteiger partial charge in [-0.25, -0.2) is 0 Å². The van der Waals surface area contributed by atoms with Crippen molar-refractivity contribution in [2.24, 2.45) is 5.92 Å². The Bertz CT molecular complexity index is 296. The summed E-state index contributed by atoms with van der Waals surface area (Å²) in [4.78, 5) is 0. The predicted octanol–water partition coefficient (Wildman–Crippen LogP) is 3.33. The maximum Gasteiger partial charge on any atom is 0.0662 e. The monoisotopic (exact) mass is 206 g/mol. The fraction of sp³-hybridized carbons (Fsp3) is 0.571. The third kappa shape index (κ3) is 4.48. The lowest BCUT2D eigenvalue weighted by molar-refractivity contribution is 0.0388. The zero-order valence-corrected chi connectivity index (χ0v) is 10.2. The molecule has 0 aromatic heterocycles. The molecule has 0 aliphatic heterocycles. The van der Waals surface area contributed by atoms with Crippen LogP contribution in [0.2, 0.25) is 0 Å². The first-order chi connectivity index (χ1) is 6.89. The van der Waals surface area contributed by atoms with Gasteiger partial charge < -0.3 is 5.11 Å². The molecule has 1 nitrogen and oxygen atoms in total. The van der Waals surface area contributed by atoms with Crippen LogP contribution in [-0.2, 0) is 6.42 Å². The van der Waals surface area contributed by atoms with E-state index in [-0.39, 0.29) is 0 Å². The van der Waals surface area contributed by atoms with Crippen molar-refractivity contribution in [3.05, 3.63) is 35.4 Å². The third-order valence-corrected chi connectivity index (χ3v) is 2.55. The Labute approximate surface area is 93.1 Å². The van der Waals surface area contributed by atoms with Gasteiger partial charge in [-0.3, -0.25) is 0 Å². The average Bonchev–Trinajstić information content (AvgIpc) is 2.06. The number of aliphatic hydroxyl groups is 1. The van der Waals surface area contributed by atoms with E-state index in [1.807, 2.05) is 6.92 Å². The quantitative estimate of drug-likeness (QED) is 0.801. The lowest BCUT2D eigenvalue weighted by Crippen LogP contribution is -2.29. The van der Waals surface area contributed by atoms with Gasteiger partial charge in [0.25, 0.3) is 0 Å². The number of benzene rings is 1. The molecule has 1 N–H and O–H groups in total. The van der Waals surface area contributed by atoms with Crippen molar-refractivity contribution in [2.45, 2.75) is 46.1 Å². The molecule has 1 atom stereocenters. The van der Waals surface area contributed by atoms with Crippen LogP contribution in [0.4, 0.5) is 0 Å². The van der Waals surface area contributed by atoms with Crippen molar-refractivity contribution in [3.63, 3.8) is 0 Å². The van der Waals surface area contributed by atoms with Crippen LogP contribution in [0.1, 0.15) is 38.3 Å². The molecule has 0 amide bonds. The Morgan fingerprint density at radius 2 is 1.73 bits per heavy atom. The van der Waals surface area contributed by atoms with Gasteiger partial charge in [0.05, 0.1) is 5.60 Å². The van der Waals surface area contributed by atoms with Crippen molar-refractivity contribution < 1.29 is 5.11 Å². The number of rotatable bonds is 4. The van der Waals surface area contributed by atoms with Crippen LogP contribution in [-0.4, -0.2) is 10.7 Å². The van der Waals surface area contributed by atoms with E-state index in [1.54, 1.807) is 0 Å². The molecule has 0 spiro atoms. The zero-order chi connectivity index (χ0) is 11.5. The normalized spacial score (nSPS) is 15.3. The lowest BCUT2D eigenvalue weighted by atomic mass is 9.88. The molecule has 1 rings (SSSR count). The van der Waals surface area contributed by atoms with Crippen LogP contribution in [0.15, 0.2) is 24.3 Å². The van der Waals surface area contributed by atoms with E-state index in [0.717, 1.165) is 12.8 Å². The number of hydrogen-bond donors (Lipinski definition) is 1. The number of aryl methyl sites for hydroxylation is 1. The fourth-order valence-electron chi connectivity index (χ4n) is 2.10. The third-order valence-electron chi connectivity index (χ3n) is 2.55. The molecule has 0 fully saturated rings. The predicted molar refractivity (Wildman–Crippen MR) is 65.0 cm³/mol. The SMILES string of the molecule is Cc1ccc(CC(C)(O)CC(C)C)cc1. The highest BCUT2D eigenvalue weighted by atomic mass is 16.3. The standard InChI is InChI=1S/C14H22O/c1-11(2)9-14(4,15)10-13-7-5-12(3)6-8-13/h5-8,11,15H,9-10H2,1-4H3. The molecule has 0 aliphatic carbocycles. The van der Waals surface area contributed by atoms with E-state index in [0.29, 0.717) is 5.92 Å². The molecular weight excluding hydrogens is 184 g/mol. The average molecular weight is 206 g/mol. The first-order valence-corrected chi connectivity index (χ1v) is 5.67. The minimum atomic E-state index is -0.580. The Kier molecular flexibility index (Phi) is 3.92. The van der Waals surface area contributed by atoms with Crippen molar-refractivity contribution in [1.82, 2.24) is 0 Å². The van der Waals surface area contributed by atoms with Gasteiger partial charge in [0, 0.05) is 6.42 Å². The highest BCUT2D eigenvalue weighted by Gasteiger charge is 2.21. The summed E-state index contributed by atoms with van der Waals surface area (Å²) in [5.74, 6) is 0.533. The van der Waals surface area contributed by atoms with Gasteiger partial charge in [0.1, 0.15) is 0 Å². The highest BCUT2D eigenvalue weighted by molar-refractivity contribution is 5.22. The molecule has 0 radical (unpaired) electrons. The topological polar surface area (TPSA) is 20.2 Å². The van der Waals surface area contributed by atoms with Crippen molar-refractivity contribution in [2.75, 3.05) is 0 Å². The molecule has 0 saturated carbocycles. The number of hydrogen-bond acceptors (Lipinski definition) is 1. The van der Waals surface area contributed by atoms with Crippen molar-refractivity contribution in [3.8, 4) is 0 Å². The smallest absolute Gasteiger partial charge is 0.0662 e. The molecule has 1 aromatic rings. The molecule has 1 unspecified atom stereocenters. The van der Waals surface area contributed by atoms with E-state index in [1.165, 1.54) is 11.1 Å². The van der Waals surface area contributed by atoms with E-state index in [9.17, 15) is 5.11 Å². The Morgan fingerprint density at radius 1 is 1.20 bits per heavy atom. The fourth-order valence-corrected chi connectivity index (χ4v) is 2.10. The summed E-state index contributed by atoms with van der Waals surface area (Å²) in [6, 6.07) is 8.40. The summed E-state index contributed by atoms with van der Waals surface area (Å²) < 4.78 is 0. The Morgan fingerprint density at radius 3 is 2.20 bits per heavy atom. The molecule has 84 valence electrons. The van der Waals surface area contributed by atoms with Gasteiger partial charge in [-0.1, -0.05) is 43.7 Å². The molecule has 1 aromatic carbocycles. The van der Waals surface area contributed by atoms with Gasteiger partial charge in [-0.05, 0) is 31.7 Å². The van der Waals surface area contributed by atoms with Crippen LogP contribution in [0.5, 0.6) is 0 Å². The summed E-state index contributed by atoms with van der Waals surface area (Å²) in [5, 5.41) is 10.2. The second kappa shape index (κ2) is 4.80. The van der Waals surface area contributed by atoms with E-state index >= 15 is 0 Å². The maximum absolute atomic E-state index is 10.2. The largest absolute Gasteiger partial charge is 0.390 e. The second-order valence-corrected chi connectivity index (χ2v) is 5.26. The Balaban J connectivity index is 2.64. The summed E-state index contributed by atoms with van der Waals surface area (Å²) in [6.07, 6.45) is 1.59. The van der Waals surface area contributed by atoms with Crippen LogP contribution in [0, 0.1) is 12.8 Å². The lowest BCUT2D eigenvalue weighted by Gasteiger charge is -2.25. The first kappa shape index (κ1) is 12.3. The minimum Gasteiger partial charge on any atom is -0.390 e. The molecule has 15 heavy (non-hydrogen) atoms. The van der Waals surface area contributed by atoms with E-state index in [2.05, 4.69) is 45.0 Å². The van der Waals surface area contributed by atoms with Gasteiger partial charge in [0.15, 0.2) is 0 Å². The van der Waals surface area contributed by atoms with Gasteiger partial charge in [0.2, 0.25) is 0 Å². The molecule has 0 bridgehead atoms. The summed E-state index contributed by atoms with van der Waals surface area (Å²) in [5.41, 5.74) is 1.90. The highest BCUT2D eigenvalue weighted by Crippen LogP contribution is 2.21. The maximum atomic E-state index is 10.2. The molecule has 0 saturated heterocycles. The second-order valence-electron chi connectivity index (χ2n) is 5.26. The van der Waals surface area contributed by atoms with Crippen molar-refractivity contribution >= 4 is 0 Å². The summed E-state index contributed by atoms with van der Waals surface area (Å²) >= 11 is 0. The van der Waals surface area contributed by atoms with Gasteiger partial charge in [-0.2, -0.15) is 0 Å². The van der Waals surface area contributed by atoms with Crippen LogP contribution in [0.3, 0.4) is 0 Å². The van der Waals surface area contributed by atoms with E-state index < -0.39 is 5.60 Å². The van der Waals surface area contributed by atoms with Crippen LogP contribution < -0.4 is 0 Å². The van der Waals surface area contributed by atoms with Crippen molar-refractivity contribution in [1.29, 1.82) is 0 Å². The zero-order valence-electron chi connectivity index (χ0n) is 10.2. The Hall–Kier alpha value is -0.820. The summed E-state index contributed by atoms with van der Waals surface area (Å²) in [7, 11) is 0. The molecular formula is C14H22O. The van der Waals surface area contributed by atoms with Gasteiger partial charge in [-0.15, -0.1) is 0 Å². The molecule has 0 heterocycles. The van der Waals surface area contributed by atoms with E-state index in [4.69, 9.17) is 0 Å². The van der Waals surface area contributed by atoms with Crippen LogP contribution in [0.25, 0.3) is 0 Å². The molecule has 1 heteroatoms. The molecule has 0 aliphatic rings. The minimum absolute atomic E-state index is 0.533. The van der Waals surface area contributed by atoms with Gasteiger partial charge >= 0.3 is 0 Å².